The highest BCUT2D eigenvalue weighted by atomic mass is 16.5. The third kappa shape index (κ3) is 6.99. The van der Waals surface area contributed by atoms with Gasteiger partial charge in [0.1, 0.15) is 29.6 Å². The molecule has 6 nitrogen and oxygen atoms in total. The van der Waals surface area contributed by atoms with E-state index in [0.29, 0.717) is 31.3 Å². The summed E-state index contributed by atoms with van der Waals surface area (Å²) in [6, 6.07) is 19.3. The molecule has 0 saturated heterocycles. The first-order chi connectivity index (χ1) is 16.0. The molecule has 0 unspecified atom stereocenters. The number of nitrogens with zero attached hydrogens (tertiary/aromatic N) is 1. The second-order valence-corrected chi connectivity index (χ2v) is 7.45. The molecule has 3 rings (SSSR count). The predicted octanol–water partition coefficient (Wildman–Crippen LogP) is 6.06. The van der Waals surface area contributed by atoms with Gasteiger partial charge in [0.15, 0.2) is 6.10 Å². The van der Waals surface area contributed by atoms with Gasteiger partial charge in [0.25, 0.3) is 0 Å². The largest absolute Gasteiger partial charge is 0.509 e. The van der Waals surface area contributed by atoms with Crippen LogP contribution in [0.1, 0.15) is 31.2 Å². The van der Waals surface area contributed by atoms with Crippen molar-refractivity contribution in [2.24, 2.45) is 0 Å². The Kier molecular flexibility index (Phi) is 8.72. The van der Waals surface area contributed by atoms with Gasteiger partial charge in [-0.05, 0) is 80.9 Å². The Morgan fingerprint density at radius 2 is 1.73 bits per heavy atom. The average Bonchev–Trinajstić information content (AvgIpc) is 2.82. The van der Waals surface area contributed by atoms with Crippen molar-refractivity contribution in [3.63, 3.8) is 0 Å². The lowest BCUT2D eigenvalue weighted by Gasteiger charge is -2.20. The normalized spacial score (nSPS) is 11.6. The molecule has 0 aliphatic carbocycles. The van der Waals surface area contributed by atoms with Gasteiger partial charge in [-0.15, -0.1) is 0 Å². The first-order valence-electron chi connectivity index (χ1n) is 11.0. The molecule has 0 bridgehead atoms. The summed E-state index contributed by atoms with van der Waals surface area (Å²) in [5.41, 5.74) is 3.52. The summed E-state index contributed by atoms with van der Waals surface area (Å²) >= 11 is 0. The number of aryl methyl sites for hydroxylation is 1. The number of pyridine rings is 1. The Balaban J connectivity index is 1.80. The number of aliphatic hydroxyl groups excluding tert-OH is 1. The maximum absolute atomic E-state index is 9.26. The lowest BCUT2D eigenvalue weighted by molar-refractivity contribution is 0.0540. The van der Waals surface area contributed by atoms with Crippen LogP contribution in [0.5, 0.6) is 17.2 Å². The van der Waals surface area contributed by atoms with Crippen molar-refractivity contribution in [3.05, 3.63) is 84.3 Å². The van der Waals surface area contributed by atoms with Crippen LogP contribution in [-0.4, -0.2) is 36.5 Å². The van der Waals surface area contributed by atoms with E-state index < -0.39 is 0 Å². The molecule has 1 aromatic heterocycles. The monoisotopic (exact) mass is 449 g/mol. The topological polar surface area (TPSA) is 70.0 Å². The van der Waals surface area contributed by atoms with Gasteiger partial charge in [-0.3, -0.25) is 0 Å². The molecule has 0 fully saturated rings. The first-order valence-corrected chi connectivity index (χ1v) is 11.0. The summed E-state index contributed by atoms with van der Waals surface area (Å²) < 4.78 is 23.0. The molecular weight excluding hydrogens is 418 g/mol. The second kappa shape index (κ2) is 11.9. The van der Waals surface area contributed by atoms with Gasteiger partial charge >= 0.3 is 0 Å². The molecule has 0 saturated carbocycles. The molecule has 1 N–H and O–H groups in total. The number of aliphatic hydroxyl groups is 1. The van der Waals surface area contributed by atoms with E-state index in [4.69, 9.17) is 23.9 Å². The van der Waals surface area contributed by atoms with Gasteiger partial charge < -0.3 is 24.1 Å². The SMILES string of the molecule is C=C(O)COc1ccc(O[C@@H](COCC)c2cccc(-c3ccc(OCC)cc3)n2)cc1C. The molecule has 6 heteroatoms. The van der Waals surface area contributed by atoms with Crippen LogP contribution < -0.4 is 14.2 Å². The van der Waals surface area contributed by atoms with Gasteiger partial charge in [-0.1, -0.05) is 12.6 Å². The van der Waals surface area contributed by atoms with E-state index >= 15 is 0 Å². The zero-order chi connectivity index (χ0) is 23.6. The van der Waals surface area contributed by atoms with Crippen molar-refractivity contribution in [1.29, 1.82) is 0 Å². The maximum atomic E-state index is 9.26. The van der Waals surface area contributed by atoms with Crippen molar-refractivity contribution in [1.82, 2.24) is 4.98 Å². The number of ether oxygens (including phenoxy) is 4. The summed E-state index contributed by atoms with van der Waals surface area (Å²) in [5, 5.41) is 9.26. The molecule has 0 amide bonds. The molecule has 0 radical (unpaired) electrons. The minimum Gasteiger partial charge on any atom is -0.509 e. The number of hydrogen-bond donors (Lipinski definition) is 1. The molecule has 33 heavy (non-hydrogen) atoms. The number of aromatic nitrogens is 1. The van der Waals surface area contributed by atoms with E-state index in [9.17, 15) is 5.11 Å². The zero-order valence-corrected chi connectivity index (χ0v) is 19.4. The van der Waals surface area contributed by atoms with Crippen molar-refractivity contribution in [2.45, 2.75) is 26.9 Å². The Bertz CT molecular complexity index is 1050. The summed E-state index contributed by atoms with van der Waals surface area (Å²) in [6.45, 7) is 10.9. The molecule has 1 heterocycles. The van der Waals surface area contributed by atoms with Gasteiger partial charge in [-0.2, -0.15) is 0 Å². The van der Waals surface area contributed by atoms with E-state index in [1.165, 1.54) is 0 Å². The molecule has 174 valence electrons. The van der Waals surface area contributed by atoms with E-state index in [-0.39, 0.29) is 18.5 Å². The Labute approximate surface area is 195 Å². The zero-order valence-electron chi connectivity index (χ0n) is 19.4. The van der Waals surface area contributed by atoms with Gasteiger partial charge in [-0.25, -0.2) is 4.98 Å². The van der Waals surface area contributed by atoms with Crippen molar-refractivity contribution < 1.29 is 24.1 Å². The third-order valence-corrected chi connectivity index (χ3v) is 4.85. The quantitative estimate of drug-likeness (QED) is 0.339. The Morgan fingerprint density at radius 3 is 2.39 bits per heavy atom. The third-order valence-electron chi connectivity index (χ3n) is 4.85. The van der Waals surface area contributed by atoms with Gasteiger partial charge in [0.05, 0.1) is 24.6 Å². The van der Waals surface area contributed by atoms with Crippen LogP contribution in [0.25, 0.3) is 11.3 Å². The highest BCUT2D eigenvalue weighted by Crippen LogP contribution is 2.29. The van der Waals surface area contributed by atoms with Gasteiger partial charge in [0, 0.05) is 12.2 Å². The summed E-state index contributed by atoms with van der Waals surface area (Å²) in [5.74, 6) is 2.15. The standard InChI is InChI=1S/C27H31NO5/c1-5-30-18-27(33-23-14-15-26(19(3)16-23)32-17-20(4)29)25-9-7-8-24(28-25)21-10-12-22(13-11-21)31-6-2/h7-16,27,29H,4-6,17-18H2,1-3H3/t27-/m0/s1. The lowest BCUT2D eigenvalue weighted by Crippen LogP contribution is -2.16. The number of hydrogen-bond acceptors (Lipinski definition) is 6. The van der Waals surface area contributed by atoms with Crippen LogP contribution in [0.15, 0.2) is 73.0 Å². The Morgan fingerprint density at radius 1 is 0.970 bits per heavy atom. The van der Waals surface area contributed by atoms with Crippen LogP contribution in [0.4, 0.5) is 0 Å². The van der Waals surface area contributed by atoms with E-state index in [0.717, 1.165) is 28.3 Å². The van der Waals surface area contributed by atoms with Crippen molar-refractivity contribution in [2.75, 3.05) is 26.4 Å². The van der Waals surface area contributed by atoms with Crippen molar-refractivity contribution >= 4 is 0 Å². The fourth-order valence-corrected chi connectivity index (χ4v) is 3.27. The highest BCUT2D eigenvalue weighted by Gasteiger charge is 2.17. The van der Waals surface area contributed by atoms with E-state index in [2.05, 4.69) is 6.58 Å². The second-order valence-electron chi connectivity index (χ2n) is 7.45. The average molecular weight is 450 g/mol. The molecule has 0 aliphatic rings. The van der Waals surface area contributed by atoms with Crippen LogP contribution in [0.3, 0.4) is 0 Å². The van der Waals surface area contributed by atoms with Crippen LogP contribution >= 0.6 is 0 Å². The van der Waals surface area contributed by atoms with Crippen LogP contribution in [0, 0.1) is 6.92 Å². The Hall–Kier alpha value is -3.51. The predicted molar refractivity (Wildman–Crippen MR) is 129 cm³/mol. The van der Waals surface area contributed by atoms with E-state index in [1.807, 2.05) is 81.4 Å². The summed E-state index contributed by atoms with van der Waals surface area (Å²) in [4.78, 5) is 4.85. The summed E-state index contributed by atoms with van der Waals surface area (Å²) in [6.07, 6.45) is -0.379. The van der Waals surface area contributed by atoms with Crippen LogP contribution in [0.2, 0.25) is 0 Å². The molecule has 1 atom stereocenters. The molecule has 0 spiro atoms. The minimum atomic E-state index is -0.379. The summed E-state index contributed by atoms with van der Waals surface area (Å²) in [7, 11) is 0. The lowest BCUT2D eigenvalue weighted by atomic mass is 10.1. The number of rotatable bonds is 12. The number of benzene rings is 2. The van der Waals surface area contributed by atoms with E-state index in [1.54, 1.807) is 0 Å². The fraction of sp³-hybridized carbons (Fsp3) is 0.296. The van der Waals surface area contributed by atoms with Crippen molar-refractivity contribution in [3.8, 4) is 28.5 Å². The van der Waals surface area contributed by atoms with Crippen LogP contribution in [-0.2, 0) is 4.74 Å². The first kappa shape index (κ1) is 24.1. The fourth-order valence-electron chi connectivity index (χ4n) is 3.27. The minimum absolute atomic E-state index is 0.0232. The maximum Gasteiger partial charge on any atom is 0.164 e. The molecule has 3 aromatic rings. The van der Waals surface area contributed by atoms with Gasteiger partial charge in [0.2, 0.25) is 0 Å². The highest BCUT2D eigenvalue weighted by molar-refractivity contribution is 5.60. The molecule has 0 aliphatic heterocycles. The smallest absolute Gasteiger partial charge is 0.164 e. The molecular formula is C27H31NO5. The molecule has 2 aromatic carbocycles.